The SMILES string of the molecule is Cc1cc(NC(=O)CSc2nnc(N3CCN(C(=O)Cc4ccc([N+](=O)[O-])cc4)CC3)s2)no1. The van der Waals surface area contributed by atoms with Crippen LogP contribution in [0.3, 0.4) is 0 Å². The van der Waals surface area contributed by atoms with Crippen LogP contribution in [0.2, 0.25) is 0 Å². The molecule has 0 aliphatic carbocycles. The molecule has 4 rings (SSSR count). The highest BCUT2D eigenvalue weighted by atomic mass is 32.2. The summed E-state index contributed by atoms with van der Waals surface area (Å²) in [7, 11) is 0. The highest BCUT2D eigenvalue weighted by Gasteiger charge is 2.24. The maximum Gasteiger partial charge on any atom is 0.269 e. The Kier molecular flexibility index (Phi) is 7.37. The molecule has 34 heavy (non-hydrogen) atoms. The quantitative estimate of drug-likeness (QED) is 0.276. The zero-order valence-corrected chi connectivity index (χ0v) is 19.8. The summed E-state index contributed by atoms with van der Waals surface area (Å²) in [4.78, 5) is 38.8. The Hall–Kier alpha value is -3.52. The van der Waals surface area contributed by atoms with Gasteiger partial charge < -0.3 is 19.6 Å². The number of piperazine rings is 1. The number of benzene rings is 1. The second-order valence-electron chi connectivity index (χ2n) is 7.48. The Morgan fingerprint density at radius 2 is 1.94 bits per heavy atom. The number of hydrogen-bond donors (Lipinski definition) is 1. The summed E-state index contributed by atoms with van der Waals surface area (Å²) in [5.41, 5.74) is 0.747. The van der Waals surface area contributed by atoms with Gasteiger partial charge in [-0.25, -0.2) is 0 Å². The number of carbonyl (C=O) groups excluding carboxylic acids is 2. The largest absolute Gasteiger partial charge is 0.360 e. The number of nitro groups is 1. The summed E-state index contributed by atoms with van der Waals surface area (Å²) in [5, 5.41) is 26.3. The van der Waals surface area contributed by atoms with E-state index in [1.54, 1.807) is 30.0 Å². The fourth-order valence-corrected chi connectivity index (χ4v) is 4.98. The van der Waals surface area contributed by atoms with Crippen LogP contribution < -0.4 is 10.2 Å². The highest BCUT2D eigenvalue weighted by Crippen LogP contribution is 2.29. The molecule has 1 N–H and O–H groups in total. The minimum atomic E-state index is -0.462. The van der Waals surface area contributed by atoms with Crippen molar-refractivity contribution >= 4 is 51.5 Å². The molecule has 0 bridgehead atoms. The van der Waals surface area contributed by atoms with Crippen LogP contribution in [-0.4, -0.2) is 68.9 Å². The van der Waals surface area contributed by atoms with Gasteiger partial charge in [-0.2, -0.15) is 0 Å². The minimum absolute atomic E-state index is 0.00471. The molecule has 0 radical (unpaired) electrons. The van der Waals surface area contributed by atoms with Gasteiger partial charge in [0.25, 0.3) is 5.69 Å². The van der Waals surface area contributed by atoms with E-state index >= 15 is 0 Å². The number of amides is 2. The molecule has 14 heteroatoms. The van der Waals surface area contributed by atoms with Crippen LogP contribution in [0.15, 0.2) is 39.2 Å². The maximum atomic E-state index is 12.6. The second kappa shape index (κ2) is 10.6. The molecule has 1 aliphatic rings. The fourth-order valence-electron chi connectivity index (χ4n) is 3.29. The number of nitro benzene ring substituents is 1. The molecule has 0 saturated carbocycles. The number of carbonyl (C=O) groups is 2. The first-order valence-electron chi connectivity index (χ1n) is 10.3. The predicted octanol–water partition coefficient (Wildman–Crippen LogP) is 2.36. The summed E-state index contributed by atoms with van der Waals surface area (Å²) in [5.74, 6) is 0.934. The predicted molar refractivity (Wildman–Crippen MR) is 126 cm³/mol. The smallest absolute Gasteiger partial charge is 0.269 e. The van der Waals surface area contributed by atoms with Crippen LogP contribution in [0.1, 0.15) is 11.3 Å². The van der Waals surface area contributed by atoms with Gasteiger partial charge in [-0.15, -0.1) is 10.2 Å². The van der Waals surface area contributed by atoms with Crippen molar-refractivity contribution < 1.29 is 19.0 Å². The topological polar surface area (TPSA) is 148 Å². The van der Waals surface area contributed by atoms with Gasteiger partial charge in [0, 0.05) is 44.4 Å². The van der Waals surface area contributed by atoms with Crippen molar-refractivity contribution in [3.05, 3.63) is 51.8 Å². The lowest BCUT2D eigenvalue weighted by molar-refractivity contribution is -0.384. The molecule has 3 heterocycles. The van der Waals surface area contributed by atoms with Crippen molar-refractivity contribution in [2.45, 2.75) is 17.7 Å². The Balaban J connectivity index is 1.22. The molecule has 2 aromatic heterocycles. The Bertz CT molecular complexity index is 1170. The van der Waals surface area contributed by atoms with E-state index in [2.05, 4.69) is 25.6 Å². The van der Waals surface area contributed by atoms with E-state index in [1.165, 1.54) is 35.2 Å². The van der Waals surface area contributed by atoms with Gasteiger partial charge in [0.1, 0.15) is 5.76 Å². The third-order valence-electron chi connectivity index (χ3n) is 5.02. The number of aromatic nitrogens is 3. The monoisotopic (exact) mass is 503 g/mol. The van der Waals surface area contributed by atoms with E-state index in [-0.39, 0.29) is 29.7 Å². The van der Waals surface area contributed by atoms with E-state index in [1.807, 2.05) is 0 Å². The molecular weight excluding hydrogens is 482 g/mol. The first kappa shape index (κ1) is 23.6. The maximum absolute atomic E-state index is 12.6. The number of rotatable bonds is 8. The molecule has 12 nitrogen and oxygen atoms in total. The first-order chi connectivity index (χ1) is 16.4. The van der Waals surface area contributed by atoms with Crippen molar-refractivity contribution in [2.75, 3.05) is 42.1 Å². The van der Waals surface area contributed by atoms with Crippen LogP contribution in [0.5, 0.6) is 0 Å². The van der Waals surface area contributed by atoms with Gasteiger partial charge in [-0.1, -0.05) is 40.4 Å². The number of aryl methyl sites for hydroxylation is 1. The molecule has 1 fully saturated rings. The molecule has 1 saturated heterocycles. The van der Waals surface area contributed by atoms with Crippen LogP contribution in [-0.2, 0) is 16.0 Å². The van der Waals surface area contributed by atoms with E-state index in [0.717, 1.165) is 10.7 Å². The molecule has 0 atom stereocenters. The Labute approximate surface area is 202 Å². The molecule has 178 valence electrons. The molecular formula is C20H21N7O5S2. The molecule has 3 aromatic rings. The number of anilines is 2. The molecule has 0 unspecified atom stereocenters. The van der Waals surface area contributed by atoms with Crippen LogP contribution >= 0.6 is 23.1 Å². The average molecular weight is 504 g/mol. The standard InChI is InChI=1S/C20H21N7O5S2/c1-13-10-16(24-32-13)21-17(28)12-33-20-23-22-19(34-20)26-8-6-25(7-9-26)18(29)11-14-2-4-15(5-3-14)27(30)31/h2-5,10H,6-9,11-12H2,1H3,(H,21,24,28). The number of hydrogen-bond acceptors (Lipinski definition) is 11. The lowest BCUT2D eigenvalue weighted by atomic mass is 10.1. The summed E-state index contributed by atoms with van der Waals surface area (Å²) >= 11 is 2.69. The molecule has 2 amide bonds. The fraction of sp³-hybridized carbons (Fsp3) is 0.350. The van der Waals surface area contributed by atoms with Crippen LogP contribution in [0.25, 0.3) is 0 Å². The van der Waals surface area contributed by atoms with Gasteiger partial charge in [-0.05, 0) is 12.5 Å². The molecule has 1 aromatic carbocycles. The lowest BCUT2D eigenvalue weighted by Gasteiger charge is -2.34. The lowest BCUT2D eigenvalue weighted by Crippen LogP contribution is -2.49. The molecule has 0 spiro atoms. The zero-order valence-electron chi connectivity index (χ0n) is 18.2. The van der Waals surface area contributed by atoms with E-state index in [0.29, 0.717) is 42.1 Å². The van der Waals surface area contributed by atoms with Crippen molar-refractivity contribution in [1.82, 2.24) is 20.3 Å². The van der Waals surface area contributed by atoms with Crippen molar-refractivity contribution in [1.29, 1.82) is 0 Å². The number of non-ortho nitro benzene ring substituents is 1. The first-order valence-corrected chi connectivity index (χ1v) is 12.1. The van der Waals surface area contributed by atoms with E-state index in [4.69, 9.17) is 4.52 Å². The average Bonchev–Trinajstić information content (AvgIpc) is 3.47. The van der Waals surface area contributed by atoms with Gasteiger partial charge in [-0.3, -0.25) is 19.7 Å². The third-order valence-corrected chi connectivity index (χ3v) is 7.14. The second-order valence-corrected chi connectivity index (χ2v) is 9.66. The summed E-state index contributed by atoms with van der Waals surface area (Å²) in [6.07, 6.45) is 0.202. The number of thioether (sulfide) groups is 1. The third kappa shape index (κ3) is 6.08. The number of nitrogens with zero attached hydrogens (tertiary/aromatic N) is 6. The summed E-state index contributed by atoms with van der Waals surface area (Å²) < 4.78 is 5.60. The van der Waals surface area contributed by atoms with E-state index < -0.39 is 4.92 Å². The van der Waals surface area contributed by atoms with Crippen LogP contribution in [0.4, 0.5) is 16.6 Å². The van der Waals surface area contributed by atoms with E-state index in [9.17, 15) is 19.7 Å². The highest BCUT2D eigenvalue weighted by molar-refractivity contribution is 8.01. The number of nitrogens with one attached hydrogen (secondary N) is 1. The van der Waals surface area contributed by atoms with Gasteiger partial charge in [0.15, 0.2) is 10.2 Å². The van der Waals surface area contributed by atoms with Crippen molar-refractivity contribution in [3.63, 3.8) is 0 Å². The van der Waals surface area contributed by atoms with Gasteiger partial charge >= 0.3 is 0 Å². The zero-order chi connectivity index (χ0) is 24.1. The Morgan fingerprint density at radius 3 is 2.59 bits per heavy atom. The Morgan fingerprint density at radius 1 is 1.21 bits per heavy atom. The van der Waals surface area contributed by atoms with Gasteiger partial charge in [0.2, 0.25) is 16.9 Å². The normalized spacial score (nSPS) is 13.7. The van der Waals surface area contributed by atoms with Crippen molar-refractivity contribution in [2.24, 2.45) is 0 Å². The van der Waals surface area contributed by atoms with Crippen molar-refractivity contribution in [3.8, 4) is 0 Å². The summed E-state index contributed by atoms with van der Waals surface area (Å²) in [6.45, 7) is 4.09. The minimum Gasteiger partial charge on any atom is -0.360 e. The van der Waals surface area contributed by atoms with Gasteiger partial charge in [0.05, 0.1) is 17.1 Å². The summed E-state index contributed by atoms with van der Waals surface area (Å²) in [6, 6.07) is 7.68. The van der Waals surface area contributed by atoms with Crippen LogP contribution in [0, 0.1) is 17.0 Å². The molecule has 1 aliphatic heterocycles.